The number of nitrogens with one attached hydrogen (secondary N) is 3. The van der Waals surface area contributed by atoms with Crippen molar-refractivity contribution in [2.45, 2.75) is 26.4 Å². The van der Waals surface area contributed by atoms with E-state index in [9.17, 15) is 4.79 Å². The van der Waals surface area contributed by atoms with Gasteiger partial charge in [-0.15, -0.1) is 0 Å². The number of aromatic nitrogens is 2. The molecule has 1 aromatic carbocycles. The number of carbonyl (C=O) groups excluding carboxylic acids is 1. The molecular formula is C16H20N4O2. The van der Waals surface area contributed by atoms with Crippen molar-refractivity contribution in [1.29, 1.82) is 0 Å². The van der Waals surface area contributed by atoms with Gasteiger partial charge in [0.25, 0.3) is 5.91 Å². The van der Waals surface area contributed by atoms with Gasteiger partial charge < -0.3 is 15.4 Å². The van der Waals surface area contributed by atoms with E-state index in [2.05, 4.69) is 20.8 Å². The molecule has 3 N–H and O–H groups in total. The van der Waals surface area contributed by atoms with Gasteiger partial charge in [0.05, 0.1) is 7.11 Å². The van der Waals surface area contributed by atoms with E-state index in [4.69, 9.17) is 4.74 Å². The number of methoxy groups -OCH3 is 1. The van der Waals surface area contributed by atoms with E-state index in [1.54, 1.807) is 7.11 Å². The van der Waals surface area contributed by atoms with Crippen LogP contribution in [0.2, 0.25) is 0 Å². The van der Waals surface area contributed by atoms with Crippen molar-refractivity contribution in [3.8, 4) is 5.75 Å². The molecule has 0 spiro atoms. The van der Waals surface area contributed by atoms with Crippen molar-refractivity contribution >= 4 is 5.91 Å². The van der Waals surface area contributed by atoms with Crippen molar-refractivity contribution in [3.63, 3.8) is 0 Å². The highest BCUT2D eigenvalue weighted by molar-refractivity contribution is 5.94. The Morgan fingerprint density at radius 3 is 3.14 bits per heavy atom. The quantitative estimate of drug-likeness (QED) is 0.795. The van der Waals surface area contributed by atoms with E-state index in [1.165, 1.54) is 0 Å². The monoisotopic (exact) mass is 300 g/mol. The molecule has 6 heteroatoms. The molecule has 0 fully saturated rings. The van der Waals surface area contributed by atoms with E-state index in [1.807, 2.05) is 25.1 Å². The molecule has 22 heavy (non-hydrogen) atoms. The largest absolute Gasteiger partial charge is 0.496 e. The van der Waals surface area contributed by atoms with Crippen LogP contribution in [-0.2, 0) is 19.5 Å². The number of nitrogens with zero attached hydrogens (tertiary/aromatic N) is 1. The standard InChI is InChI=1S/C16H20N4O2/c1-10-3-4-11(14(7-10)22-2)8-18-16(21)15-12-9-17-6-5-13(12)19-20-15/h3-4,7,17H,5-6,8-9H2,1-2H3,(H,18,21)(H,19,20). The maximum atomic E-state index is 12.4. The number of H-pyrrole nitrogens is 1. The van der Waals surface area contributed by atoms with Crippen LogP contribution in [0.1, 0.15) is 32.9 Å². The maximum Gasteiger partial charge on any atom is 0.272 e. The number of ether oxygens (including phenoxy) is 1. The third kappa shape index (κ3) is 2.82. The first kappa shape index (κ1) is 14.6. The molecular weight excluding hydrogens is 280 g/mol. The molecule has 2 heterocycles. The molecule has 1 aliphatic heterocycles. The fraction of sp³-hybridized carbons (Fsp3) is 0.375. The number of hydrogen-bond donors (Lipinski definition) is 3. The zero-order valence-corrected chi connectivity index (χ0v) is 12.8. The van der Waals surface area contributed by atoms with Crippen LogP contribution in [0.4, 0.5) is 0 Å². The second kappa shape index (κ2) is 6.19. The molecule has 2 aromatic rings. The molecule has 0 bridgehead atoms. The van der Waals surface area contributed by atoms with Crippen LogP contribution >= 0.6 is 0 Å². The van der Waals surface area contributed by atoms with E-state index in [-0.39, 0.29) is 5.91 Å². The molecule has 0 radical (unpaired) electrons. The smallest absolute Gasteiger partial charge is 0.272 e. The van der Waals surface area contributed by atoms with Crippen molar-refractivity contribution in [3.05, 3.63) is 46.3 Å². The van der Waals surface area contributed by atoms with Gasteiger partial charge in [0.2, 0.25) is 0 Å². The zero-order valence-electron chi connectivity index (χ0n) is 12.8. The maximum absolute atomic E-state index is 12.4. The highest BCUT2D eigenvalue weighted by Crippen LogP contribution is 2.20. The Morgan fingerprint density at radius 1 is 1.45 bits per heavy atom. The lowest BCUT2D eigenvalue weighted by atomic mass is 10.1. The molecule has 1 amide bonds. The lowest BCUT2D eigenvalue weighted by Gasteiger charge is -2.13. The average molecular weight is 300 g/mol. The van der Waals surface area contributed by atoms with E-state index < -0.39 is 0 Å². The van der Waals surface area contributed by atoms with E-state index in [0.29, 0.717) is 18.8 Å². The van der Waals surface area contributed by atoms with Crippen LogP contribution < -0.4 is 15.4 Å². The number of aryl methyl sites for hydroxylation is 1. The van der Waals surface area contributed by atoms with Crippen molar-refractivity contribution in [2.24, 2.45) is 0 Å². The Labute approximate surface area is 129 Å². The third-order valence-corrected chi connectivity index (χ3v) is 3.90. The molecule has 0 aliphatic carbocycles. The van der Waals surface area contributed by atoms with Gasteiger partial charge in [0.15, 0.2) is 5.69 Å². The topological polar surface area (TPSA) is 79.0 Å². The van der Waals surface area contributed by atoms with Gasteiger partial charge in [-0.3, -0.25) is 9.89 Å². The minimum atomic E-state index is -0.163. The van der Waals surface area contributed by atoms with Crippen molar-refractivity contribution < 1.29 is 9.53 Å². The third-order valence-electron chi connectivity index (χ3n) is 3.90. The van der Waals surface area contributed by atoms with Crippen LogP contribution in [0.5, 0.6) is 5.75 Å². The molecule has 0 saturated heterocycles. The second-order valence-electron chi connectivity index (χ2n) is 5.45. The number of fused-ring (bicyclic) bond motifs is 1. The normalized spacial score (nSPS) is 13.5. The van der Waals surface area contributed by atoms with Crippen molar-refractivity contribution in [2.75, 3.05) is 13.7 Å². The highest BCUT2D eigenvalue weighted by atomic mass is 16.5. The molecule has 1 aromatic heterocycles. The zero-order chi connectivity index (χ0) is 15.5. The fourth-order valence-electron chi connectivity index (χ4n) is 2.67. The summed E-state index contributed by atoms with van der Waals surface area (Å²) in [6.45, 7) is 4.02. The first-order valence-corrected chi connectivity index (χ1v) is 7.37. The van der Waals surface area contributed by atoms with Gasteiger partial charge >= 0.3 is 0 Å². The minimum absolute atomic E-state index is 0.163. The molecule has 0 atom stereocenters. The Kier molecular flexibility index (Phi) is 4.11. The summed E-state index contributed by atoms with van der Waals surface area (Å²) in [5.41, 5.74) is 4.58. The van der Waals surface area contributed by atoms with Crippen LogP contribution in [-0.4, -0.2) is 29.8 Å². The lowest BCUT2D eigenvalue weighted by Crippen LogP contribution is -2.28. The van der Waals surface area contributed by atoms with Gasteiger partial charge in [0.1, 0.15) is 5.75 Å². The van der Waals surface area contributed by atoms with Gasteiger partial charge in [0, 0.05) is 42.9 Å². The van der Waals surface area contributed by atoms with E-state index in [0.717, 1.165) is 41.1 Å². The second-order valence-corrected chi connectivity index (χ2v) is 5.45. The molecule has 0 unspecified atom stereocenters. The first-order valence-electron chi connectivity index (χ1n) is 7.37. The van der Waals surface area contributed by atoms with Gasteiger partial charge in [-0.25, -0.2) is 0 Å². The van der Waals surface area contributed by atoms with Gasteiger partial charge in [-0.1, -0.05) is 12.1 Å². The first-order chi connectivity index (χ1) is 10.7. The Bertz CT molecular complexity index is 693. The Hall–Kier alpha value is -2.34. The predicted octanol–water partition coefficient (Wildman–Crippen LogP) is 1.30. The summed E-state index contributed by atoms with van der Waals surface area (Å²) in [5.74, 6) is 0.620. The highest BCUT2D eigenvalue weighted by Gasteiger charge is 2.21. The number of aromatic amines is 1. The summed E-state index contributed by atoms with van der Waals surface area (Å²) in [6, 6.07) is 5.93. The number of rotatable bonds is 4. The van der Waals surface area contributed by atoms with Gasteiger partial charge in [-0.2, -0.15) is 5.10 Å². The molecule has 116 valence electrons. The van der Waals surface area contributed by atoms with Crippen LogP contribution in [0.3, 0.4) is 0 Å². The predicted molar refractivity (Wildman–Crippen MR) is 82.9 cm³/mol. The fourth-order valence-corrected chi connectivity index (χ4v) is 2.67. The summed E-state index contributed by atoms with van der Waals surface area (Å²) in [4.78, 5) is 12.4. The van der Waals surface area contributed by atoms with Gasteiger partial charge in [-0.05, 0) is 18.6 Å². The molecule has 6 nitrogen and oxygen atoms in total. The number of carbonyl (C=O) groups is 1. The van der Waals surface area contributed by atoms with E-state index >= 15 is 0 Å². The lowest BCUT2D eigenvalue weighted by molar-refractivity contribution is 0.0944. The summed E-state index contributed by atoms with van der Waals surface area (Å²) < 4.78 is 5.36. The van der Waals surface area contributed by atoms with Crippen LogP contribution in [0.15, 0.2) is 18.2 Å². The Morgan fingerprint density at radius 2 is 2.32 bits per heavy atom. The summed E-state index contributed by atoms with van der Waals surface area (Å²) >= 11 is 0. The van der Waals surface area contributed by atoms with Crippen molar-refractivity contribution in [1.82, 2.24) is 20.8 Å². The molecule has 0 saturated carbocycles. The summed E-state index contributed by atoms with van der Waals surface area (Å²) in [7, 11) is 1.63. The summed E-state index contributed by atoms with van der Waals surface area (Å²) in [6.07, 6.45) is 0.876. The SMILES string of the molecule is COc1cc(C)ccc1CNC(=O)c1n[nH]c2c1CNCC2. The molecule has 1 aliphatic rings. The molecule has 3 rings (SSSR count). The van der Waals surface area contributed by atoms with Crippen LogP contribution in [0, 0.1) is 6.92 Å². The number of amides is 1. The average Bonchev–Trinajstić information content (AvgIpc) is 2.97. The van der Waals surface area contributed by atoms with Crippen LogP contribution in [0.25, 0.3) is 0 Å². The Balaban J connectivity index is 1.72. The summed E-state index contributed by atoms with van der Waals surface area (Å²) in [5, 5.41) is 13.3. The minimum Gasteiger partial charge on any atom is -0.496 e. The number of benzene rings is 1. The number of hydrogen-bond acceptors (Lipinski definition) is 4.